The molecule has 0 aliphatic rings. The molecule has 25 heavy (non-hydrogen) atoms. The summed E-state index contributed by atoms with van der Waals surface area (Å²) >= 11 is 0. The predicted octanol–water partition coefficient (Wildman–Crippen LogP) is 3.52. The van der Waals surface area contributed by atoms with E-state index in [0.717, 1.165) is 24.3 Å². The molecule has 3 aromatic rings. The first kappa shape index (κ1) is 17.1. The minimum Gasteiger partial charge on any atom is -0.419 e. The second kappa shape index (κ2) is 6.29. The Kier molecular flexibility index (Phi) is 4.30. The lowest BCUT2D eigenvalue weighted by Crippen LogP contribution is -2.13. The molecule has 0 fully saturated rings. The molecule has 0 unspecified atom stereocenters. The van der Waals surface area contributed by atoms with E-state index < -0.39 is 21.5 Å². The number of anilines is 1. The van der Waals surface area contributed by atoms with Gasteiger partial charge in [-0.05, 0) is 48.5 Å². The Hall–Kier alpha value is -2.74. The molecule has 0 radical (unpaired) electrons. The van der Waals surface area contributed by atoms with E-state index >= 15 is 0 Å². The average Bonchev–Trinajstić information content (AvgIpc) is 3.02. The lowest BCUT2D eigenvalue weighted by Gasteiger charge is -2.10. The molecule has 0 saturated heterocycles. The molecule has 0 saturated carbocycles. The molecule has 1 aromatic heterocycles. The van der Waals surface area contributed by atoms with Crippen molar-refractivity contribution < 1.29 is 21.6 Å². The van der Waals surface area contributed by atoms with Crippen molar-refractivity contribution in [2.75, 3.05) is 19.0 Å². The number of halogens is 2. The lowest BCUT2D eigenvalue weighted by atomic mass is 10.2. The number of oxazole rings is 1. The first-order valence-electron chi connectivity index (χ1n) is 7.24. The van der Waals surface area contributed by atoms with Gasteiger partial charge in [0.2, 0.25) is 26.6 Å². The van der Waals surface area contributed by atoms with E-state index in [1.54, 1.807) is 14.1 Å². The largest absolute Gasteiger partial charge is 0.419 e. The van der Waals surface area contributed by atoms with Crippen LogP contribution < -0.4 is 4.90 Å². The summed E-state index contributed by atoms with van der Waals surface area (Å²) in [6.45, 7) is 0. The molecule has 0 bridgehead atoms. The van der Waals surface area contributed by atoms with Crippen LogP contribution in [-0.2, 0) is 9.84 Å². The fourth-order valence-electron chi connectivity index (χ4n) is 2.20. The van der Waals surface area contributed by atoms with Gasteiger partial charge in [0.15, 0.2) is 0 Å². The molecule has 3 rings (SSSR count). The first-order chi connectivity index (χ1) is 11.8. The van der Waals surface area contributed by atoms with Crippen LogP contribution >= 0.6 is 0 Å². The second-order valence-electron chi connectivity index (χ2n) is 5.49. The third-order valence-corrected chi connectivity index (χ3v) is 5.12. The maximum absolute atomic E-state index is 13.1. The Morgan fingerprint density at radius 2 is 1.44 bits per heavy atom. The summed E-state index contributed by atoms with van der Waals surface area (Å²) in [4.78, 5) is 5.46. The van der Waals surface area contributed by atoms with Crippen molar-refractivity contribution in [3.63, 3.8) is 0 Å². The molecule has 130 valence electrons. The molecule has 0 aliphatic carbocycles. The van der Waals surface area contributed by atoms with Gasteiger partial charge in [0.1, 0.15) is 11.6 Å². The van der Waals surface area contributed by atoms with E-state index in [0.29, 0.717) is 5.56 Å². The summed E-state index contributed by atoms with van der Waals surface area (Å²) in [7, 11) is -0.794. The first-order valence-corrected chi connectivity index (χ1v) is 8.72. The molecule has 1 heterocycles. The second-order valence-corrected chi connectivity index (χ2v) is 7.35. The number of benzene rings is 2. The van der Waals surface area contributed by atoms with Gasteiger partial charge in [-0.15, -0.1) is 0 Å². The fraction of sp³-hybridized carbons (Fsp3) is 0.118. The Morgan fingerprint density at radius 3 is 1.96 bits per heavy atom. The zero-order chi connectivity index (χ0) is 18.2. The summed E-state index contributed by atoms with van der Waals surface area (Å²) in [5.74, 6) is -0.894. The number of sulfone groups is 1. The minimum absolute atomic E-state index is 0.0312. The van der Waals surface area contributed by atoms with Crippen molar-refractivity contribution in [2.45, 2.75) is 9.92 Å². The van der Waals surface area contributed by atoms with Crippen LogP contribution in [0.25, 0.3) is 11.5 Å². The maximum Gasteiger partial charge on any atom is 0.235 e. The van der Waals surface area contributed by atoms with Gasteiger partial charge in [-0.2, -0.15) is 4.98 Å². The van der Waals surface area contributed by atoms with E-state index in [1.807, 2.05) is 0 Å². The Bertz CT molecular complexity index is 995. The molecule has 2 aromatic carbocycles. The number of hydrogen-bond donors (Lipinski definition) is 0. The number of hydrogen-bond acceptors (Lipinski definition) is 5. The maximum atomic E-state index is 13.1. The van der Waals surface area contributed by atoms with Crippen LogP contribution in [-0.4, -0.2) is 27.5 Å². The normalized spacial score (nSPS) is 11.5. The molecule has 0 amide bonds. The van der Waals surface area contributed by atoms with Crippen molar-refractivity contribution in [2.24, 2.45) is 0 Å². The summed E-state index contributed by atoms with van der Waals surface area (Å²) in [5, 5.41) is -0.288. The van der Waals surface area contributed by atoms with Crippen LogP contribution in [0.4, 0.5) is 14.7 Å². The van der Waals surface area contributed by atoms with Gasteiger partial charge in [0, 0.05) is 19.7 Å². The smallest absolute Gasteiger partial charge is 0.235 e. The van der Waals surface area contributed by atoms with E-state index in [2.05, 4.69) is 4.98 Å². The van der Waals surface area contributed by atoms with Gasteiger partial charge in [-0.3, -0.25) is 0 Å². The van der Waals surface area contributed by atoms with Gasteiger partial charge in [0.25, 0.3) is 0 Å². The Morgan fingerprint density at radius 1 is 0.920 bits per heavy atom. The standard InChI is InChI=1S/C17H14F2N2O3S/c1-21(2)17-16(25(22,23)14-9-7-13(19)8-10-14)20-15(24-17)11-3-5-12(18)6-4-11/h3-10H,1-2H3. The highest BCUT2D eigenvalue weighted by atomic mass is 32.2. The Labute approximate surface area is 143 Å². The van der Waals surface area contributed by atoms with Gasteiger partial charge >= 0.3 is 0 Å². The summed E-state index contributed by atoms with van der Waals surface area (Å²) in [6.07, 6.45) is 0. The molecule has 0 N–H and O–H groups in total. The van der Waals surface area contributed by atoms with Crippen LogP contribution in [0.5, 0.6) is 0 Å². The van der Waals surface area contributed by atoms with Gasteiger partial charge in [-0.1, -0.05) is 0 Å². The molecule has 5 nitrogen and oxygen atoms in total. The van der Waals surface area contributed by atoms with Crippen LogP contribution in [0.15, 0.2) is 62.9 Å². The number of nitrogens with zero attached hydrogens (tertiary/aromatic N) is 2. The quantitative estimate of drug-likeness (QED) is 0.663. The highest BCUT2D eigenvalue weighted by Crippen LogP contribution is 2.33. The zero-order valence-electron chi connectivity index (χ0n) is 13.4. The van der Waals surface area contributed by atoms with Crippen LogP contribution in [0.3, 0.4) is 0 Å². The fourth-order valence-corrected chi connectivity index (χ4v) is 3.57. The molecular weight excluding hydrogens is 350 g/mol. The van der Waals surface area contributed by atoms with Gasteiger partial charge in [-0.25, -0.2) is 17.2 Å². The predicted molar refractivity (Wildman–Crippen MR) is 88.1 cm³/mol. The van der Waals surface area contributed by atoms with Crippen molar-refractivity contribution in [1.29, 1.82) is 0 Å². The lowest BCUT2D eigenvalue weighted by molar-refractivity contribution is 0.563. The summed E-state index contributed by atoms with van der Waals surface area (Å²) in [6, 6.07) is 9.77. The van der Waals surface area contributed by atoms with E-state index in [1.165, 1.54) is 29.2 Å². The zero-order valence-corrected chi connectivity index (χ0v) is 14.2. The van der Waals surface area contributed by atoms with Crippen LogP contribution in [0, 0.1) is 11.6 Å². The highest BCUT2D eigenvalue weighted by Gasteiger charge is 2.29. The Balaban J connectivity index is 2.14. The molecule has 8 heteroatoms. The topological polar surface area (TPSA) is 63.4 Å². The molecule has 0 aliphatic heterocycles. The van der Waals surface area contributed by atoms with Gasteiger partial charge in [0.05, 0.1) is 4.90 Å². The highest BCUT2D eigenvalue weighted by molar-refractivity contribution is 7.91. The van der Waals surface area contributed by atoms with Crippen molar-refractivity contribution >= 4 is 15.7 Å². The monoisotopic (exact) mass is 364 g/mol. The molecule has 0 spiro atoms. The van der Waals surface area contributed by atoms with Crippen molar-refractivity contribution in [3.05, 3.63) is 60.2 Å². The average molecular weight is 364 g/mol. The van der Waals surface area contributed by atoms with E-state index in [-0.39, 0.29) is 21.7 Å². The molecular formula is C17H14F2N2O3S. The van der Waals surface area contributed by atoms with Crippen LogP contribution in [0.2, 0.25) is 0 Å². The van der Waals surface area contributed by atoms with E-state index in [9.17, 15) is 17.2 Å². The van der Waals surface area contributed by atoms with Crippen LogP contribution in [0.1, 0.15) is 0 Å². The van der Waals surface area contributed by atoms with Crippen molar-refractivity contribution in [3.8, 4) is 11.5 Å². The van der Waals surface area contributed by atoms with Gasteiger partial charge < -0.3 is 9.32 Å². The number of aromatic nitrogens is 1. The third-order valence-electron chi connectivity index (χ3n) is 3.46. The van der Waals surface area contributed by atoms with Crippen molar-refractivity contribution in [1.82, 2.24) is 4.98 Å². The SMILES string of the molecule is CN(C)c1oc(-c2ccc(F)cc2)nc1S(=O)(=O)c1ccc(F)cc1. The summed E-state index contributed by atoms with van der Waals surface area (Å²) in [5.41, 5.74) is 0.435. The number of rotatable bonds is 4. The minimum atomic E-state index is -4.01. The van der Waals surface area contributed by atoms with E-state index in [4.69, 9.17) is 4.42 Å². The third kappa shape index (κ3) is 3.25. The molecule has 0 atom stereocenters. The summed E-state index contributed by atoms with van der Waals surface area (Å²) < 4.78 is 57.4.